The number of hydrogen-bond acceptors (Lipinski definition) is 6. The number of anilines is 1. The van der Waals surface area contributed by atoms with Gasteiger partial charge in [0.2, 0.25) is 12.3 Å². The molecular weight excluding hydrogens is 312 g/mol. The zero-order chi connectivity index (χ0) is 17.1. The molecule has 124 valence electrons. The molecule has 23 heavy (non-hydrogen) atoms. The first-order valence-corrected chi connectivity index (χ1v) is 8.18. The summed E-state index contributed by atoms with van der Waals surface area (Å²) in [6.45, 7) is 2.48. The summed E-state index contributed by atoms with van der Waals surface area (Å²) in [5, 5.41) is 3.20. The molecule has 0 spiro atoms. The maximum absolute atomic E-state index is 8.94. The molecule has 0 fully saturated rings. The molecule has 1 aromatic heterocycles. The molecule has 0 aliphatic rings. The Morgan fingerprint density at radius 3 is 2.57 bits per heavy atom. The van der Waals surface area contributed by atoms with Gasteiger partial charge >= 0.3 is 0 Å². The van der Waals surface area contributed by atoms with Gasteiger partial charge in [0.15, 0.2) is 0 Å². The highest BCUT2D eigenvalue weighted by molar-refractivity contribution is 7.98. The predicted molar refractivity (Wildman–Crippen MR) is 94.5 cm³/mol. The standard InChI is InChI=1S/C15H18N2OS.CH4N2O/c1-11-6-4-9-15(17-11)18-10-12-13(16-2)7-5-8-14(12)19-3;2-3-1-4/h4-9,16H,10H2,1-3H3;1H,2H2,(H,3,4). The van der Waals surface area contributed by atoms with Crippen LogP contribution in [0.5, 0.6) is 5.88 Å². The summed E-state index contributed by atoms with van der Waals surface area (Å²) in [4.78, 5) is 14.5. The molecule has 2 aromatic rings. The van der Waals surface area contributed by atoms with Crippen LogP contribution in [0.15, 0.2) is 41.3 Å². The minimum Gasteiger partial charge on any atom is -0.473 e. The van der Waals surface area contributed by atoms with E-state index in [0.717, 1.165) is 11.4 Å². The Balaban J connectivity index is 0.000000593. The second kappa shape index (κ2) is 10.5. The van der Waals surface area contributed by atoms with Gasteiger partial charge in [-0.15, -0.1) is 11.8 Å². The molecule has 1 aromatic carbocycles. The van der Waals surface area contributed by atoms with Crippen LogP contribution < -0.4 is 21.3 Å². The van der Waals surface area contributed by atoms with Gasteiger partial charge in [-0.25, -0.2) is 10.8 Å². The van der Waals surface area contributed by atoms with E-state index in [1.807, 2.05) is 38.2 Å². The molecule has 0 aliphatic heterocycles. The van der Waals surface area contributed by atoms with Crippen molar-refractivity contribution in [3.63, 3.8) is 0 Å². The van der Waals surface area contributed by atoms with Crippen LogP contribution in [0.4, 0.5) is 5.69 Å². The molecule has 0 saturated carbocycles. The van der Waals surface area contributed by atoms with E-state index in [1.165, 1.54) is 10.5 Å². The van der Waals surface area contributed by atoms with E-state index < -0.39 is 0 Å². The average Bonchev–Trinajstić information content (AvgIpc) is 2.59. The first-order valence-electron chi connectivity index (χ1n) is 6.96. The summed E-state index contributed by atoms with van der Waals surface area (Å²) in [7, 11) is 1.92. The van der Waals surface area contributed by atoms with E-state index in [9.17, 15) is 0 Å². The molecule has 2 rings (SSSR count). The highest BCUT2D eigenvalue weighted by Gasteiger charge is 2.08. The fraction of sp³-hybridized carbons (Fsp3) is 0.250. The van der Waals surface area contributed by atoms with Crippen LogP contribution in [0.25, 0.3) is 0 Å². The summed E-state index contributed by atoms with van der Waals surface area (Å²) < 4.78 is 5.79. The van der Waals surface area contributed by atoms with E-state index in [4.69, 9.17) is 9.53 Å². The van der Waals surface area contributed by atoms with Gasteiger partial charge in [-0.3, -0.25) is 10.2 Å². The van der Waals surface area contributed by atoms with Gasteiger partial charge in [0, 0.05) is 35.0 Å². The Labute approximate surface area is 140 Å². The zero-order valence-electron chi connectivity index (χ0n) is 13.5. The van der Waals surface area contributed by atoms with Crippen molar-refractivity contribution in [2.75, 3.05) is 18.6 Å². The lowest BCUT2D eigenvalue weighted by Gasteiger charge is -2.14. The molecular formula is C16H22N4O2S. The van der Waals surface area contributed by atoms with Crippen molar-refractivity contribution >= 4 is 23.9 Å². The van der Waals surface area contributed by atoms with Crippen molar-refractivity contribution in [1.82, 2.24) is 10.4 Å². The predicted octanol–water partition coefficient (Wildman–Crippen LogP) is 2.34. The summed E-state index contributed by atoms with van der Waals surface area (Å²) in [6.07, 6.45) is 2.48. The number of benzene rings is 1. The number of nitrogens with one attached hydrogen (secondary N) is 2. The van der Waals surface area contributed by atoms with Gasteiger partial charge in [-0.1, -0.05) is 12.1 Å². The number of amides is 1. The van der Waals surface area contributed by atoms with Crippen LogP contribution in [0, 0.1) is 6.92 Å². The summed E-state index contributed by atoms with van der Waals surface area (Å²) >= 11 is 1.72. The van der Waals surface area contributed by atoms with Crippen LogP contribution in [0.2, 0.25) is 0 Å². The molecule has 0 saturated heterocycles. The number of nitrogens with zero attached hydrogens (tertiary/aromatic N) is 1. The lowest BCUT2D eigenvalue weighted by atomic mass is 10.2. The molecule has 0 aliphatic carbocycles. The fourth-order valence-electron chi connectivity index (χ4n) is 1.88. The Hall–Kier alpha value is -2.25. The highest BCUT2D eigenvalue weighted by Crippen LogP contribution is 2.28. The maximum atomic E-state index is 8.94. The molecule has 4 N–H and O–H groups in total. The number of aromatic nitrogens is 1. The van der Waals surface area contributed by atoms with Gasteiger partial charge in [-0.2, -0.15) is 0 Å². The van der Waals surface area contributed by atoms with Crippen LogP contribution in [-0.4, -0.2) is 24.7 Å². The number of aryl methyl sites for hydroxylation is 1. The highest BCUT2D eigenvalue weighted by atomic mass is 32.2. The second-order valence-electron chi connectivity index (χ2n) is 4.43. The van der Waals surface area contributed by atoms with Crippen LogP contribution in [-0.2, 0) is 11.4 Å². The third kappa shape index (κ3) is 6.17. The molecule has 0 atom stereocenters. The first kappa shape index (κ1) is 18.8. The number of pyridine rings is 1. The number of rotatable bonds is 6. The van der Waals surface area contributed by atoms with Gasteiger partial charge in [0.25, 0.3) is 0 Å². The third-order valence-electron chi connectivity index (χ3n) is 2.92. The lowest BCUT2D eigenvalue weighted by molar-refractivity contribution is -0.109. The van der Waals surface area contributed by atoms with Gasteiger partial charge in [-0.05, 0) is 31.4 Å². The normalized spacial score (nSPS) is 9.39. The Bertz CT molecular complexity index is 601. The van der Waals surface area contributed by atoms with Gasteiger partial charge < -0.3 is 10.1 Å². The quantitative estimate of drug-likeness (QED) is 0.247. The minimum atomic E-state index is 0.403. The largest absolute Gasteiger partial charge is 0.473 e. The minimum absolute atomic E-state index is 0.403. The Kier molecular flexibility index (Phi) is 8.56. The molecule has 1 amide bonds. The molecule has 7 heteroatoms. The number of thioether (sulfide) groups is 1. The van der Waals surface area contributed by atoms with E-state index in [2.05, 4.69) is 34.5 Å². The first-order chi connectivity index (χ1) is 11.2. The van der Waals surface area contributed by atoms with Gasteiger partial charge in [0.1, 0.15) is 6.61 Å². The number of hydrogen-bond donors (Lipinski definition) is 3. The van der Waals surface area contributed by atoms with Crippen LogP contribution >= 0.6 is 11.8 Å². The van der Waals surface area contributed by atoms with Crippen molar-refractivity contribution in [2.24, 2.45) is 5.84 Å². The Morgan fingerprint density at radius 2 is 2.00 bits per heavy atom. The van der Waals surface area contributed by atoms with E-state index >= 15 is 0 Å². The topological polar surface area (TPSA) is 89.3 Å². The molecule has 0 unspecified atom stereocenters. The van der Waals surface area contributed by atoms with E-state index in [0.29, 0.717) is 18.9 Å². The molecule has 1 heterocycles. The van der Waals surface area contributed by atoms with Crippen molar-refractivity contribution in [3.05, 3.63) is 47.7 Å². The summed E-state index contributed by atoms with van der Waals surface area (Å²) in [5.41, 5.74) is 4.98. The molecule has 6 nitrogen and oxygen atoms in total. The van der Waals surface area contributed by atoms with Crippen molar-refractivity contribution < 1.29 is 9.53 Å². The van der Waals surface area contributed by atoms with Crippen molar-refractivity contribution in [1.29, 1.82) is 0 Å². The van der Waals surface area contributed by atoms with Crippen molar-refractivity contribution in [2.45, 2.75) is 18.4 Å². The SMILES string of the molecule is CNc1cccc(SC)c1COc1cccc(C)n1.NNC=O. The number of carbonyl (C=O) groups is 1. The number of carbonyl (C=O) groups excluding carboxylic acids is 1. The average molecular weight is 334 g/mol. The second-order valence-corrected chi connectivity index (χ2v) is 5.27. The molecule has 0 radical (unpaired) electrons. The third-order valence-corrected chi connectivity index (χ3v) is 3.74. The van der Waals surface area contributed by atoms with Gasteiger partial charge in [0.05, 0.1) is 0 Å². The van der Waals surface area contributed by atoms with Crippen molar-refractivity contribution in [3.8, 4) is 5.88 Å². The summed E-state index contributed by atoms with van der Waals surface area (Å²) in [5.74, 6) is 5.07. The number of hydrazine groups is 1. The zero-order valence-corrected chi connectivity index (χ0v) is 14.3. The number of nitrogens with two attached hydrogens (primary N) is 1. The smallest absolute Gasteiger partial charge is 0.221 e. The maximum Gasteiger partial charge on any atom is 0.221 e. The lowest BCUT2D eigenvalue weighted by Crippen LogP contribution is -2.18. The Morgan fingerprint density at radius 1 is 1.30 bits per heavy atom. The van der Waals surface area contributed by atoms with Crippen LogP contribution in [0.3, 0.4) is 0 Å². The monoisotopic (exact) mass is 334 g/mol. The summed E-state index contributed by atoms with van der Waals surface area (Å²) in [6, 6.07) is 12.0. The fourth-order valence-corrected chi connectivity index (χ4v) is 2.51. The van der Waals surface area contributed by atoms with Crippen LogP contribution in [0.1, 0.15) is 11.3 Å². The molecule has 0 bridgehead atoms. The number of ether oxygens (including phenoxy) is 1. The van der Waals surface area contributed by atoms with E-state index in [-0.39, 0.29) is 0 Å². The van der Waals surface area contributed by atoms with E-state index in [1.54, 1.807) is 17.2 Å².